The first-order valence-electron chi connectivity index (χ1n) is 6.98. The van der Waals surface area contributed by atoms with Crippen molar-refractivity contribution in [1.82, 2.24) is 19.6 Å². The van der Waals surface area contributed by atoms with Crippen molar-refractivity contribution in [2.75, 3.05) is 13.1 Å². The van der Waals surface area contributed by atoms with Gasteiger partial charge in [0, 0.05) is 32.8 Å². The van der Waals surface area contributed by atoms with Gasteiger partial charge in [-0.15, -0.1) is 0 Å². The largest absolute Gasteiger partial charge is 0.356 e. The Kier molecular flexibility index (Phi) is 6.35. The van der Waals surface area contributed by atoms with Crippen LogP contribution in [0.2, 0.25) is 0 Å². The molecule has 7 nitrogen and oxygen atoms in total. The van der Waals surface area contributed by atoms with Gasteiger partial charge in [-0.05, 0) is 19.3 Å². The van der Waals surface area contributed by atoms with E-state index < -0.39 is 10.0 Å². The summed E-state index contributed by atoms with van der Waals surface area (Å²) in [5, 5.41) is 2.73. The van der Waals surface area contributed by atoms with Crippen LogP contribution in [0.5, 0.6) is 0 Å². The molecular weight excluding hydrogens is 292 g/mol. The molecule has 1 amide bonds. The van der Waals surface area contributed by atoms with E-state index >= 15 is 0 Å². The first-order chi connectivity index (χ1) is 9.72. The average Bonchev–Trinajstić information content (AvgIpc) is 2.69. The number of aryl methyl sites for hydroxylation is 2. The molecular formula is C13H24N4O3S. The summed E-state index contributed by atoms with van der Waals surface area (Å²) in [4.78, 5) is 15.5. The van der Waals surface area contributed by atoms with E-state index in [1.54, 1.807) is 18.5 Å². The molecule has 2 N–H and O–H groups in total. The minimum Gasteiger partial charge on any atom is -0.356 e. The van der Waals surface area contributed by atoms with Crippen LogP contribution in [0.4, 0.5) is 0 Å². The summed E-state index contributed by atoms with van der Waals surface area (Å²) in [6.45, 7) is 6.56. The first kappa shape index (κ1) is 17.6. The number of nitrogens with zero attached hydrogens (tertiary/aromatic N) is 2. The van der Waals surface area contributed by atoms with E-state index in [-0.39, 0.29) is 23.9 Å². The van der Waals surface area contributed by atoms with Gasteiger partial charge < -0.3 is 9.88 Å². The molecule has 120 valence electrons. The minimum atomic E-state index is -3.65. The molecule has 0 fully saturated rings. The predicted octanol–water partition coefficient (Wildman–Crippen LogP) is 0.559. The Balaban J connectivity index is 2.39. The van der Waals surface area contributed by atoms with Gasteiger partial charge in [0.2, 0.25) is 5.91 Å². The van der Waals surface area contributed by atoms with Crippen LogP contribution in [-0.2, 0) is 21.9 Å². The number of carbonyl (C=O) groups excluding carboxylic acids is 1. The topological polar surface area (TPSA) is 93.1 Å². The van der Waals surface area contributed by atoms with E-state index in [9.17, 15) is 13.2 Å². The maximum Gasteiger partial charge on any atom is 0.259 e. The molecule has 1 heterocycles. The number of rotatable bonds is 8. The second-order valence-electron chi connectivity index (χ2n) is 5.42. The fourth-order valence-corrected chi connectivity index (χ4v) is 2.69. The van der Waals surface area contributed by atoms with Crippen LogP contribution in [0, 0.1) is 12.8 Å². The lowest BCUT2D eigenvalue weighted by Gasteiger charge is -2.07. The first-order valence-corrected chi connectivity index (χ1v) is 8.47. The molecule has 0 saturated heterocycles. The molecule has 0 aromatic carbocycles. The molecule has 0 saturated carbocycles. The normalized spacial score (nSPS) is 11.9. The third-order valence-corrected chi connectivity index (χ3v) is 4.38. The minimum absolute atomic E-state index is 0.0253. The van der Waals surface area contributed by atoms with Crippen LogP contribution < -0.4 is 10.0 Å². The molecule has 1 rings (SSSR count). The maximum absolute atomic E-state index is 12.0. The van der Waals surface area contributed by atoms with E-state index in [1.807, 2.05) is 0 Å². The van der Waals surface area contributed by atoms with Crippen molar-refractivity contribution < 1.29 is 13.2 Å². The summed E-state index contributed by atoms with van der Waals surface area (Å²) in [6, 6.07) is 0. The standard InChI is InChI=1S/C13H24N4O3S/c1-10(2)5-7-14-12(18)6-8-15-21(19,20)13-9-17(4)11(3)16-13/h9-10,15H,5-8H2,1-4H3,(H,14,18). The van der Waals surface area contributed by atoms with Gasteiger partial charge in [-0.25, -0.2) is 18.1 Å². The summed E-state index contributed by atoms with van der Waals surface area (Å²) in [5.74, 6) is 0.980. The van der Waals surface area contributed by atoms with Gasteiger partial charge in [0.15, 0.2) is 5.03 Å². The second kappa shape index (κ2) is 7.56. The lowest BCUT2D eigenvalue weighted by atomic mass is 10.1. The van der Waals surface area contributed by atoms with E-state index in [0.717, 1.165) is 6.42 Å². The van der Waals surface area contributed by atoms with Gasteiger partial charge in [0.25, 0.3) is 10.0 Å². The number of carbonyl (C=O) groups is 1. The molecule has 0 spiro atoms. The van der Waals surface area contributed by atoms with Gasteiger partial charge in [0.1, 0.15) is 5.82 Å². The van der Waals surface area contributed by atoms with Crippen LogP contribution in [0.15, 0.2) is 11.2 Å². The van der Waals surface area contributed by atoms with Crippen LogP contribution >= 0.6 is 0 Å². The third kappa shape index (κ3) is 5.84. The molecule has 0 bridgehead atoms. The fraction of sp³-hybridized carbons (Fsp3) is 0.692. The quantitative estimate of drug-likeness (QED) is 0.733. The molecule has 21 heavy (non-hydrogen) atoms. The molecule has 0 radical (unpaired) electrons. The predicted molar refractivity (Wildman–Crippen MR) is 80.2 cm³/mol. The number of hydrogen-bond acceptors (Lipinski definition) is 4. The van der Waals surface area contributed by atoms with Crippen LogP contribution in [0.1, 0.15) is 32.5 Å². The summed E-state index contributed by atoms with van der Waals surface area (Å²) in [5.41, 5.74) is 0. The zero-order valence-corrected chi connectivity index (χ0v) is 13.8. The maximum atomic E-state index is 12.0. The van der Waals surface area contributed by atoms with Crippen LogP contribution in [0.25, 0.3) is 0 Å². The Morgan fingerprint density at radius 2 is 2.05 bits per heavy atom. The van der Waals surface area contributed by atoms with E-state index in [4.69, 9.17) is 0 Å². The number of imidazole rings is 1. The third-order valence-electron chi connectivity index (χ3n) is 3.05. The van der Waals surface area contributed by atoms with E-state index in [1.165, 1.54) is 6.20 Å². The molecule has 1 aromatic rings. The number of amides is 1. The Hall–Kier alpha value is -1.41. The average molecular weight is 316 g/mol. The van der Waals surface area contributed by atoms with Crippen LogP contribution in [-0.4, -0.2) is 37.0 Å². The van der Waals surface area contributed by atoms with Crippen molar-refractivity contribution >= 4 is 15.9 Å². The number of nitrogens with one attached hydrogen (secondary N) is 2. The molecule has 1 aromatic heterocycles. The number of aromatic nitrogens is 2. The van der Waals surface area contributed by atoms with Crippen molar-refractivity contribution in [3.05, 3.63) is 12.0 Å². The summed E-state index contributed by atoms with van der Waals surface area (Å²) in [7, 11) is -1.93. The smallest absolute Gasteiger partial charge is 0.259 e. The van der Waals surface area contributed by atoms with Gasteiger partial charge in [-0.1, -0.05) is 13.8 Å². The molecule has 0 aliphatic carbocycles. The highest BCUT2D eigenvalue weighted by molar-refractivity contribution is 7.89. The Labute approximate surface area is 126 Å². The Morgan fingerprint density at radius 1 is 1.38 bits per heavy atom. The lowest BCUT2D eigenvalue weighted by Crippen LogP contribution is -2.31. The van der Waals surface area contributed by atoms with E-state index in [2.05, 4.69) is 28.9 Å². The Bertz CT molecular complexity index is 559. The summed E-state index contributed by atoms with van der Waals surface area (Å²) < 4.78 is 27.9. The highest BCUT2D eigenvalue weighted by Crippen LogP contribution is 2.07. The summed E-state index contributed by atoms with van der Waals surface area (Å²) in [6.07, 6.45) is 2.47. The zero-order chi connectivity index (χ0) is 16.0. The second-order valence-corrected chi connectivity index (χ2v) is 7.13. The van der Waals surface area contributed by atoms with Gasteiger partial charge >= 0.3 is 0 Å². The van der Waals surface area contributed by atoms with Crippen molar-refractivity contribution in [2.24, 2.45) is 13.0 Å². The summed E-state index contributed by atoms with van der Waals surface area (Å²) >= 11 is 0. The van der Waals surface area contributed by atoms with E-state index in [0.29, 0.717) is 18.3 Å². The van der Waals surface area contributed by atoms with Crippen LogP contribution in [0.3, 0.4) is 0 Å². The van der Waals surface area contributed by atoms with Crippen molar-refractivity contribution in [3.63, 3.8) is 0 Å². The van der Waals surface area contributed by atoms with Gasteiger partial charge in [-0.2, -0.15) is 0 Å². The Morgan fingerprint density at radius 3 is 2.57 bits per heavy atom. The number of sulfonamides is 1. The number of hydrogen-bond donors (Lipinski definition) is 2. The van der Waals surface area contributed by atoms with Gasteiger partial charge in [0.05, 0.1) is 0 Å². The molecule has 0 unspecified atom stereocenters. The highest BCUT2D eigenvalue weighted by Gasteiger charge is 2.18. The highest BCUT2D eigenvalue weighted by atomic mass is 32.2. The van der Waals surface area contributed by atoms with Gasteiger partial charge in [-0.3, -0.25) is 4.79 Å². The van der Waals surface area contributed by atoms with Crippen molar-refractivity contribution in [1.29, 1.82) is 0 Å². The SMILES string of the molecule is Cc1nc(S(=O)(=O)NCCC(=O)NCCC(C)C)cn1C. The lowest BCUT2D eigenvalue weighted by molar-refractivity contribution is -0.120. The molecule has 0 aliphatic heterocycles. The fourth-order valence-electron chi connectivity index (χ4n) is 1.62. The molecule has 0 aliphatic rings. The molecule has 8 heteroatoms. The van der Waals surface area contributed by atoms with Crippen molar-refractivity contribution in [2.45, 2.75) is 38.6 Å². The monoisotopic (exact) mass is 316 g/mol. The van der Waals surface area contributed by atoms with Crippen molar-refractivity contribution in [3.8, 4) is 0 Å². The zero-order valence-electron chi connectivity index (χ0n) is 13.0. The molecule has 0 atom stereocenters.